The molecule has 0 spiro atoms. The van der Waals surface area contributed by atoms with Crippen LogP contribution in [0.3, 0.4) is 0 Å². The van der Waals surface area contributed by atoms with Crippen LogP contribution in [0.5, 0.6) is 0 Å². The average molecular weight is 426 g/mol. The molecule has 0 saturated heterocycles. The fraction of sp³-hybridized carbons (Fsp3) is 0.0625. The van der Waals surface area contributed by atoms with E-state index in [-0.39, 0.29) is 0 Å². The normalized spacial score (nSPS) is 10.5. The number of hydrogen-bond donors (Lipinski definition) is 1. The third kappa shape index (κ3) is 3.93. The molecule has 0 radical (unpaired) electrons. The molecule has 0 atom stereocenters. The number of hydrogen-bond acceptors (Lipinski definition) is 1. The highest BCUT2D eigenvalue weighted by molar-refractivity contribution is 9.49. The second-order valence-corrected chi connectivity index (χ2v) is 17.5. The van der Waals surface area contributed by atoms with Gasteiger partial charge < -0.3 is 5.11 Å². The van der Waals surface area contributed by atoms with Gasteiger partial charge in [-0.1, -0.05) is 55.1 Å². The van der Waals surface area contributed by atoms with Crippen molar-refractivity contribution in [3.63, 3.8) is 0 Å². The highest BCUT2D eigenvalue weighted by Gasteiger charge is 2.12. The minimum atomic E-state index is -0.877. The topological polar surface area (TPSA) is 37.3 Å². The second-order valence-electron chi connectivity index (χ2n) is 4.52. The second kappa shape index (κ2) is 7.20. The zero-order chi connectivity index (χ0) is 15.4. The lowest BCUT2D eigenvalue weighted by Gasteiger charge is -2.07. The molecule has 21 heavy (non-hydrogen) atoms. The predicted octanol–water partition coefficient (Wildman–Crippen LogP) is 5.32. The monoisotopic (exact) mass is 424 g/mol. The molecule has 108 valence electrons. The number of benzene rings is 3. The van der Waals surface area contributed by atoms with Crippen LogP contribution in [0.2, 0.25) is 6.55 Å². The van der Waals surface area contributed by atoms with Crippen LogP contribution >= 0.6 is 30.6 Å². The Morgan fingerprint density at radius 1 is 0.952 bits per heavy atom. The van der Waals surface area contributed by atoms with Gasteiger partial charge in [0.2, 0.25) is 0 Å². The largest absolute Gasteiger partial charge is 0.478 e. The van der Waals surface area contributed by atoms with Crippen molar-refractivity contribution in [3.8, 4) is 0 Å². The SMILES string of the molecule is C[SiH](Br)Br.O=C(O)c1c2ccccc2cc2ccccc12. The molecule has 1 N–H and O–H groups in total. The van der Waals surface area contributed by atoms with Crippen molar-refractivity contribution < 1.29 is 9.90 Å². The van der Waals surface area contributed by atoms with E-state index in [0.717, 1.165) is 21.5 Å². The van der Waals surface area contributed by atoms with E-state index in [1.54, 1.807) is 0 Å². The number of carboxylic acids is 1. The van der Waals surface area contributed by atoms with Gasteiger partial charge in [0, 0.05) is 0 Å². The number of halogens is 2. The van der Waals surface area contributed by atoms with Crippen LogP contribution in [0.1, 0.15) is 10.4 Å². The van der Waals surface area contributed by atoms with E-state index < -0.39 is 12.0 Å². The van der Waals surface area contributed by atoms with Gasteiger partial charge in [0.25, 0.3) is 0 Å². The van der Waals surface area contributed by atoms with Gasteiger partial charge in [-0.25, -0.2) is 4.79 Å². The van der Waals surface area contributed by atoms with Gasteiger partial charge in [-0.05, 0) is 27.6 Å². The zero-order valence-corrected chi connectivity index (χ0v) is 15.7. The van der Waals surface area contributed by atoms with Crippen molar-refractivity contribution in [1.82, 2.24) is 0 Å². The lowest BCUT2D eigenvalue weighted by Crippen LogP contribution is -1.99. The molecule has 0 aliphatic carbocycles. The highest BCUT2D eigenvalue weighted by atomic mass is 79.9. The van der Waals surface area contributed by atoms with Gasteiger partial charge in [-0.3, -0.25) is 0 Å². The number of carboxylic acid groups (broad SMARTS) is 1. The van der Waals surface area contributed by atoms with Gasteiger partial charge in [-0.15, -0.1) is 30.6 Å². The third-order valence-corrected chi connectivity index (χ3v) is 2.99. The van der Waals surface area contributed by atoms with Gasteiger partial charge >= 0.3 is 5.97 Å². The molecule has 0 aromatic heterocycles. The molecule has 0 aliphatic rings. The van der Waals surface area contributed by atoms with Crippen molar-refractivity contribution in [2.45, 2.75) is 6.55 Å². The summed E-state index contributed by atoms with van der Waals surface area (Å²) in [7, 11) is 0. The summed E-state index contributed by atoms with van der Waals surface area (Å²) in [5.41, 5.74) is 0.388. The molecule has 5 heteroatoms. The van der Waals surface area contributed by atoms with E-state index in [4.69, 9.17) is 0 Å². The maximum absolute atomic E-state index is 11.4. The fourth-order valence-electron chi connectivity index (χ4n) is 2.24. The quantitative estimate of drug-likeness (QED) is 0.325. The number of rotatable bonds is 1. The van der Waals surface area contributed by atoms with Crippen LogP contribution in [0.25, 0.3) is 21.5 Å². The predicted molar refractivity (Wildman–Crippen MR) is 99.3 cm³/mol. The van der Waals surface area contributed by atoms with E-state index in [0.29, 0.717) is 5.56 Å². The summed E-state index contributed by atoms with van der Waals surface area (Å²) < 4.78 is 0. The summed E-state index contributed by atoms with van der Waals surface area (Å²) in [6.45, 7) is 2.14. The van der Waals surface area contributed by atoms with Crippen LogP contribution in [-0.4, -0.2) is 17.1 Å². The molecule has 0 bridgehead atoms. The van der Waals surface area contributed by atoms with Crippen LogP contribution in [0.15, 0.2) is 54.6 Å². The van der Waals surface area contributed by atoms with Crippen LogP contribution in [0.4, 0.5) is 0 Å². The van der Waals surface area contributed by atoms with Gasteiger partial charge in [-0.2, -0.15) is 0 Å². The lowest BCUT2D eigenvalue weighted by atomic mass is 9.97. The molecule has 3 rings (SSSR count). The van der Waals surface area contributed by atoms with E-state index in [9.17, 15) is 9.90 Å². The smallest absolute Gasteiger partial charge is 0.336 e. The summed E-state index contributed by atoms with van der Waals surface area (Å²) in [5.74, 6) is -0.877. The Bertz CT molecular complexity index is 731. The van der Waals surface area contributed by atoms with Crippen molar-refractivity contribution in [2.24, 2.45) is 0 Å². The molecule has 0 saturated carbocycles. The minimum absolute atomic E-state index is 0.388. The summed E-state index contributed by atoms with van der Waals surface area (Å²) in [4.78, 5) is 11.4. The van der Waals surface area contributed by atoms with E-state index in [1.165, 1.54) is 0 Å². The Morgan fingerprint density at radius 3 is 1.71 bits per heavy atom. The molecular weight excluding hydrogens is 412 g/mol. The first kappa shape index (κ1) is 16.2. The maximum atomic E-state index is 11.4. The number of aromatic carboxylic acids is 1. The summed E-state index contributed by atoms with van der Waals surface area (Å²) in [6.07, 6.45) is 0. The van der Waals surface area contributed by atoms with Crippen molar-refractivity contribution >= 4 is 64.1 Å². The Kier molecular flexibility index (Phi) is 5.55. The van der Waals surface area contributed by atoms with E-state index in [2.05, 4.69) is 37.1 Å². The first-order valence-corrected chi connectivity index (χ1v) is 13.9. The van der Waals surface area contributed by atoms with Gasteiger partial charge in [0.05, 0.1) is 5.56 Å². The molecular formula is C16H14Br2O2Si. The maximum Gasteiger partial charge on any atom is 0.336 e. The lowest BCUT2D eigenvalue weighted by molar-refractivity contribution is 0.0701. The third-order valence-electron chi connectivity index (χ3n) is 2.99. The molecule has 3 aromatic carbocycles. The molecule has 0 amide bonds. The summed E-state index contributed by atoms with van der Waals surface area (Å²) >= 11 is 6.65. The Hall–Kier alpha value is -1.17. The average Bonchev–Trinajstić information content (AvgIpc) is 2.43. The van der Waals surface area contributed by atoms with Crippen molar-refractivity contribution in [2.75, 3.05) is 0 Å². The van der Waals surface area contributed by atoms with E-state index in [1.807, 2.05) is 54.6 Å². The minimum Gasteiger partial charge on any atom is -0.478 e. The van der Waals surface area contributed by atoms with E-state index >= 15 is 0 Å². The number of fused-ring (bicyclic) bond motifs is 2. The Balaban J connectivity index is 0.000000361. The summed E-state index contributed by atoms with van der Waals surface area (Å²) in [5, 5.41) is 12.9. The molecule has 0 heterocycles. The molecule has 0 fully saturated rings. The first-order chi connectivity index (χ1) is 10.0. The Morgan fingerprint density at radius 2 is 1.33 bits per heavy atom. The molecule has 3 aromatic rings. The van der Waals surface area contributed by atoms with Gasteiger partial charge in [0.15, 0.2) is 6.04 Å². The zero-order valence-electron chi connectivity index (χ0n) is 11.4. The molecule has 0 aliphatic heterocycles. The Labute approximate surface area is 140 Å². The molecule has 2 nitrogen and oxygen atoms in total. The van der Waals surface area contributed by atoms with Crippen LogP contribution in [-0.2, 0) is 0 Å². The van der Waals surface area contributed by atoms with Crippen molar-refractivity contribution in [3.05, 3.63) is 60.2 Å². The molecule has 0 unspecified atom stereocenters. The van der Waals surface area contributed by atoms with Gasteiger partial charge in [0.1, 0.15) is 0 Å². The van der Waals surface area contributed by atoms with Crippen molar-refractivity contribution in [1.29, 1.82) is 0 Å². The summed E-state index contributed by atoms with van der Waals surface area (Å²) in [6, 6.07) is 16.7. The fourth-order valence-corrected chi connectivity index (χ4v) is 2.24. The number of carbonyl (C=O) groups is 1. The van der Waals surface area contributed by atoms with Crippen LogP contribution in [0, 0.1) is 0 Å². The van der Waals surface area contributed by atoms with Crippen LogP contribution < -0.4 is 0 Å². The standard InChI is InChI=1S/C15H10O2.CH4Br2Si/c16-15(17)14-12-7-3-1-5-10(12)9-11-6-2-4-8-13(11)14;1-4(2)3/h1-9H,(H,16,17);4H,1H3. The highest BCUT2D eigenvalue weighted by Crippen LogP contribution is 2.28. The first-order valence-electron chi connectivity index (χ1n) is 6.42.